The Morgan fingerprint density at radius 2 is 2.00 bits per heavy atom. The third kappa shape index (κ3) is 3.35. The van der Waals surface area contributed by atoms with Crippen LogP contribution in [0.1, 0.15) is 0 Å². The van der Waals surface area contributed by atoms with Crippen LogP contribution in [0.4, 0.5) is 11.5 Å². The molecule has 0 fully saturated rings. The molecule has 4 rings (SSSR count). The number of nitrogens with zero attached hydrogens (tertiary/aromatic N) is 2. The predicted molar refractivity (Wildman–Crippen MR) is 113 cm³/mol. The Labute approximate surface area is 162 Å². The second-order valence-corrected chi connectivity index (χ2v) is 6.28. The van der Waals surface area contributed by atoms with Crippen LogP contribution in [0.2, 0.25) is 0 Å². The molecule has 138 valence electrons. The van der Waals surface area contributed by atoms with Crippen LogP contribution < -0.4 is 10.6 Å². The summed E-state index contributed by atoms with van der Waals surface area (Å²) in [5.41, 5.74) is 5.57. The number of hydrogen-bond acceptors (Lipinski definition) is 4. The first-order chi connectivity index (χ1) is 13.7. The van der Waals surface area contributed by atoms with Crippen LogP contribution in [0.15, 0.2) is 73.7 Å². The van der Waals surface area contributed by atoms with E-state index in [1.807, 2.05) is 55.8 Å². The Bertz CT molecular complexity index is 1180. The fourth-order valence-corrected chi connectivity index (χ4v) is 3.10. The van der Waals surface area contributed by atoms with E-state index in [2.05, 4.69) is 38.2 Å². The molecule has 0 aliphatic rings. The highest BCUT2D eigenvalue weighted by atomic mass is 16.1. The summed E-state index contributed by atoms with van der Waals surface area (Å²) in [4.78, 5) is 23.6. The molecule has 3 N–H and O–H groups in total. The minimum Gasteiger partial charge on any atom is -0.373 e. The Morgan fingerprint density at radius 1 is 1.11 bits per heavy atom. The number of aromatic nitrogens is 3. The Hall–Kier alpha value is -3.93. The number of amides is 1. The summed E-state index contributed by atoms with van der Waals surface area (Å²) in [6.45, 7) is 3.48. The number of aromatic amines is 1. The number of anilines is 2. The van der Waals surface area contributed by atoms with E-state index in [4.69, 9.17) is 0 Å². The van der Waals surface area contributed by atoms with Crippen molar-refractivity contribution in [1.82, 2.24) is 15.0 Å². The van der Waals surface area contributed by atoms with Crippen molar-refractivity contribution in [2.45, 2.75) is 0 Å². The van der Waals surface area contributed by atoms with Gasteiger partial charge in [0.1, 0.15) is 11.5 Å². The first kappa shape index (κ1) is 17.5. The summed E-state index contributed by atoms with van der Waals surface area (Å²) in [7, 11) is 1.85. The van der Waals surface area contributed by atoms with E-state index < -0.39 is 0 Å². The van der Waals surface area contributed by atoms with Gasteiger partial charge in [0.2, 0.25) is 5.91 Å². The lowest BCUT2D eigenvalue weighted by Gasteiger charge is -2.07. The molecule has 1 aromatic carbocycles. The van der Waals surface area contributed by atoms with E-state index in [1.165, 1.54) is 6.08 Å². The van der Waals surface area contributed by atoms with E-state index in [1.54, 1.807) is 6.20 Å². The van der Waals surface area contributed by atoms with E-state index in [9.17, 15) is 4.79 Å². The molecule has 0 aliphatic carbocycles. The van der Waals surface area contributed by atoms with Crippen molar-refractivity contribution in [2.75, 3.05) is 17.7 Å². The minimum atomic E-state index is -0.239. The highest BCUT2D eigenvalue weighted by Crippen LogP contribution is 2.32. The Kier molecular flexibility index (Phi) is 4.60. The molecule has 0 aliphatic heterocycles. The number of pyridine rings is 2. The molecular weight excluding hydrogens is 350 g/mol. The maximum Gasteiger partial charge on any atom is 0.247 e. The molecule has 3 aromatic heterocycles. The lowest BCUT2D eigenvalue weighted by molar-refractivity contribution is -0.111. The molecule has 4 aromatic rings. The summed E-state index contributed by atoms with van der Waals surface area (Å²) in [5, 5.41) is 6.87. The molecule has 0 unspecified atom stereocenters. The Balaban J connectivity index is 1.77. The standard InChI is InChI=1S/C22H19N5O/c1-3-21(28)27-17-6-4-5-14(9-17)16-10-18-19(13-26-22(18)25-12-16)15-7-8-24-20(11-15)23-2/h3-13H,1H2,2H3,(H,23,24)(H,25,26)(H,27,28). The first-order valence-electron chi connectivity index (χ1n) is 8.83. The second-order valence-electron chi connectivity index (χ2n) is 6.28. The van der Waals surface area contributed by atoms with Crippen molar-refractivity contribution in [3.05, 3.63) is 73.7 Å². The van der Waals surface area contributed by atoms with E-state index in [-0.39, 0.29) is 5.91 Å². The summed E-state index contributed by atoms with van der Waals surface area (Å²) < 4.78 is 0. The van der Waals surface area contributed by atoms with Crippen LogP contribution in [-0.4, -0.2) is 27.9 Å². The summed E-state index contributed by atoms with van der Waals surface area (Å²) in [6, 6.07) is 13.7. The normalized spacial score (nSPS) is 10.6. The van der Waals surface area contributed by atoms with E-state index >= 15 is 0 Å². The topological polar surface area (TPSA) is 82.7 Å². The third-order valence-corrected chi connectivity index (χ3v) is 4.51. The molecule has 0 saturated heterocycles. The number of hydrogen-bond donors (Lipinski definition) is 3. The predicted octanol–water partition coefficient (Wildman–Crippen LogP) is 4.46. The van der Waals surface area contributed by atoms with Crippen LogP contribution in [-0.2, 0) is 4.79 Å². The SMILES string of the molecule is C=CC(=O)Nc1cccc(-c2cnc3[nH]cc(-c4ccnc(NC)c4)c3c2)c1. The molecule has 0 atom stereocenters. The van der Waals surface area contributed by atoms with Crippen LogP contribution in [0, 0.1) is 0 Å². The minimum absolute atomic E-state index is 0.239. The molecule has 6 heteroatoms. The first-order valence-corrected chi connectivity index (χ1v) is 8.83. The smallest absolute Gasteiger partial charge is 0.247 e. The molecular formula is C22H19N5O. The quantitative estimate of drug-likeness (QED) is 0.454. The average molecular weight is 369 g/mol. The number of H-pyrrole nitrogens is 1. The van der Waals surface area contributed by atoms with Gasteiger partial charge in [-0.15, -0.1) is 0 Å². The molecule has 28 heavy (non-hydrogen) atoms. The highest BCUT2D eigenvalue weighted by Gasteiger charge is 2.10. The van der Waals surface area contributed by atoms with E-state index in [0.717, 1.165) is 39.1 Å². The number of nitrogens with one attached hydrogen (secondary N) is 3. The maximum absolute atomic E-state index is 11.6. The van der Waals surface area contributed by atoms with Crippen molar-refractivity contribution in [3.63, 3.8) is 0 Å². The molecule has 6 nitrogen and oxygen atoms in total. The van der Waals surface area contributed by atoms with Gasteiger partial charge in [-0.3, -0.25) is 4.79 Å². The van der Waals surface area contributed by atoms with Crippen LogP contribution in [0.25, 0.3) is 33.3 Å². The van der Waals surface area contributed by atoms with Crippen molar-refractivity contribution >= 4 is 28.4 Å². The van der Waals surface area contributed by atoms with Gasteiger partial charge in [-0.25, -0.2) is 9.97 Å². The lowest BCUT2D eigenvalue weighted by Crippen LogP contribution is -2.06. The van der Waals surface area contributed by atoms with Gasteiger partial charge in [0.05, 0.1) is 0 Å². The zero-order chi connectivity index (χ0) is 19.5. The lowest BCUT2D eigenvalue weighted by atomic mass is 10.0. The summed E-state index contributed by atoms with van der Waals surface area (Å²) in [6.07, 6.45) is 6.81. The van der Waals surface area contributed by atoms with Gasteiger partial charge < -0.3 is 15.6 Å². The summed E-state index contributed by atoms with van der Waals surface area (Å²) >= 11 is 0. The number of benzene rings is 1. The number of carbonyl (C=O) groups excluding carboxylic acids is 1. The molecule has 1 amide bonds. The van der Waals surface area contributed by atoms with Gasteiger partial charge in [0, 0.05) is 47.8 Å². The molecule has 0 radical (unpaired) electrons. The maximum atomic E-state index is 11.6. The molecule has 0 saturated carbocycles. The monoisotopic (exact) mass is 369 g/mol. The van der Waals surface area contributed by atoms with Gasteiger partial charge >= 0.3 is 0 Å². The molecule has 3 heterocycles. The number of rotatable bonds is 5. The second kappa shape index (κ2) is 7.36. The van der Waals surface area contributed by atoms with Gasteiger partial charge in [-0.1, -0.05) is 18.7 Å². The van der Waals surface area contributed by atoms with Gasteiger partial charge in [-0.05, 0) is 47.5 Å². The largest absolute Gasteiger partial charge is 0.373 e. The highest BCUT2D eigenvalue weighted by molar-refractivity contribution is 5.99. The average Bonchev–Trinajstić information content (AvgIpc) is 3.17. The third-order valence-electron chi connectivity index (χ3n) is 4.51. The zero-order valence-corrected chi connectivity index (χ0v) is 15.4. The summed E-state index contributed by atoms with van der Waals surface area (Å²) in [5.74, 6) is 0.568. The zero-order valence-electron chi connectivity index (χ0n) is 15.4. The van der Waals surface area contributed by atoms with Gasteiger partial charge in [0.25, 0.3) is 0 Å². The van der Waals surface area contributed by atoms with Crippen molar-refractivity contribution in [2.24, 2.45) is 0 Å². The van der Waals surface area contributed by atoms with Crippen molar-refractivity contribution in [1.29, 1.82) is 0 Å². The number of fused-ring (bicyclic) bond motifs is 1. The van der Waals surface area contributed by atoms with Crippen molar-refractivity contribution in [3.8, 4) is 22.3 Å². The van der Waals surface area contributed by atoms with Crippen LogP contribution >= 0.6 is 0 Å². The van der Waals surface area contributed by atoms with Gasteiger partial charge in [-0.2, -0.15) is 0 Å². The number of carbonyl (C=O) groups is 1. The Morgan fingerprint density at radius 3 is 2.82 bits per heavy atom. The van der Waals surface area contributed by atoms with Crippen LogP contribution in [0.5, 0.6) is 0 Å². The van der Waals surface area contributed by atoms with E-state index in [0.29, 0.717) is 5.69 Å². The van der Waals surface area contributed by atoms with Gasteiger partial charge in [0.15, 0.2) is 0 Å². The van der Waals surface area contributed by atoms with Crippen molar-refractivity contribution < 1.29 is 4.79 Å². The van der Waals surface area contributed by atoms with Crippen LogP contribution in [0.3, 0.4) is 0 Å². The fourth-order valence-electron chi connectivity index (χ4n) is 3.10. The fraction of sp³-hybridized carbons (Fsp3) is 0.0455. The molecule has 0 spiro atoms. The molecule has 0 bridgehead atoms.